The summed E-state index contributed by atoms with van der Waals surface area (Å²) in [5.41, 5.74) is 0.562. The lowest BCUT2D eigenvalue weighted by Gasteiger charge is -2.23. The maximum atomic E-state index is 12.8. The fourth-order valence-electron chi connectivity index (χ4n) is 3.26. The quantitative estimate of drug-likeness (QED) is 0.468. The number of nitro groups is 1. The Morgan fingerprint density at radius 2 is 1.90 bits per heavy atom. The number of rotatable bonds is 5. The molecule has 0 spiro atoms. The van der Waals surface area contributed by atoms with Crippen LogP contribution in [-0.2, 0) is 11.3 Å². The average molecular weight is 408 g/mol. The summed E-state index contributed by atoms with van der Waals surface area (Å²) in [6, 6.07) is 13.3. The van der Waals surface area contributed by atoms with Gasteiger partial charge in [-0.3, -0.25) is 10.1 Å². The van der Waals surface area contributed by atoms with Gasteiger partial charge >= 0.3 is 12.2 Å². The lowest BCUT2D eigenvalue weighted by atomic mass is 10.0. The Bertz CT molecular complexity index is 1050. The number of imidazole rings is 1. The summed E-state index contributed by atoms with van der Waals surface area (Å²) in [6.45, 7) is 0.298. The first kappa shape index (κ1) is 19.1. The molecule has 0 saturated carbocycles. The van der Waals surface area contributed by atoms with Crippen LogP contribution in [0, 0.1) is 10.1 Å². The number of aromatic nitrogens is 2. The molecule has 152 valence electrons. The molecular formula is C20H16N4O6. The van der Waals surface area contributed by atoms with Gasteiger partial charge in [0.05, 0.1) is 17.8 Å². The zero-order chi connectivity index (χ0) is 21.1. The Morgan fingerprint density at radius 1 is 1.17 bits per heavy atom. The van der Waals surface area contributed by atoms with Crippen molar-refractivity contribution in [3.05, 3.63) is 89.0 Å². The fraction of sp³-hybridized carbons (Fsp3) is 0.150. The number of nitrogens with zero attached hydrogens (tertiary/aromatic N) is 4. The number of carbonyl (C=O) groups is 2. The van der Waals surface area contributed by atoms with Crippen molar-refractivity contribution in [2.75, 3.05) is 0 Å². The van der Waals surface area contributed by atoms with Gasteiger partial charge in [0.25, 0.3) is 5.69 Å². The highest BCUT2D eigenvalue weighted by atomic mass is 16.6. The molecule has 1 aromatic heterocycles. The molecule has 1 saturated heterocycles. The smallest absolute Gasteiger partial charge is 0.425 e. The van der Waals surface area contributed by atoms with E-state index in [-0.39, 0.29) is 11.4 Å². The molecule has 4 rings (SSSR count). The second-order valence-electron chi connectivity index (χ2n) is 6.53. The lowest BCUT2D eigenvalue weighted by molar-refractivity contribution is -0.384. The lowest BCUT2D eigenvalue weighted by Crippen LogP contribution is -2.38. The molecule has 3 aromatic rings. The third kappa shape index (κ3) is 3.83. The molecule has 10 nitrogen and oxygen atoms in total. The number of hydrogen-bond acceptors (Lipinski definition) is 7. The molecule has 2 amide bonds. The Kier molecular flexibility index (Phi) is 5.12. The van der Waals surface area contributed by atoms with E-state index in [9.17, 15) is 19.7 Å². The molecular weight excluding hydrogens is 392 g/mol. The van der Waals surface area contributed by atoms with Crippen LogP contribution in [-0.4, -0.2) is 37.7 Å². The summed E-state index contributed by atoms with van der Waals surface area (Å²) in [5.74, 6) is 0.0725. The van der Waals surface area contributed by atoms with Gasteiger partial charge in [-0.15, -0.1) is 0 Å². The first-order chi connectivity index (χ1) is 14.5. The number of benzene rings is 2. The minimum absolute atomic E-state index is 0.0725. The normalized spacial score (nSPS) is 18.1. The van der Waals surface area contributed by atoms with Gasteiger partial charge in [0.2, 0.25) is 0 Å². The van der Waals surface area contributed by atoms with Gasteiger partial charge in [0, 0.05) is 24.5 Å². The Labute approximate surface area is 170 Å². The van der Waals surface area contributed by atoms with Crippen molar-refractivity contribution in [3.8, 4) is 5.75 Å². The van der Waals surface area contributed by atoms with E-state index in [1.54, 1.807) is 47.6 Å². The van der Waals surface area contributed by atoms with Crippen LogP contribution in [0.25, 0.3) is 0 Å². The fourth-order valence-corrected chi connectivity index (χ4v) is 3.26. The van der Waals surface area contributed by atoms with Crippen LogP contribution in [0.3, 0.4) is 0 Å². The predicted molar refractivity (Wildman–Crippen MR) is 103 cm³/mol. The maximum absolute atomic E-state index is 12.8. The summed E-state index contributed by atoms with van der Waals surface area (Å²) in [6.07, 6.45) is 2.51. The zero-order valence-corrected chi connectivity index (χ0v) is 15.5. The highest BCUT2D eigenvalue weighted by Crippen LogP contribution is 2.35. The van der Waals surface area contributed by atoms with E-state index in [0.29, 0.717) is 12.1 Å². The minimum atomic E-state index is -0.934. The van der Waals surface area contributed by atoms with Crippen LogP contribution in [0.5, 0.6) is 5.75 Å². The minimum Gasteiger partial charge on any atom is -0.441 e. The molecule has 0 aliphatic carbocycles. The molecule has 1 fully saturated rings. The average Bonchev–Trinajstić information content (AvgIpc) is 3.36. The number of cyclic esters (lactones) is 1. The van der Waals surface area contributed by atoms with Crippen LogP contribution >= 0.6 is 0 Å². The highest BCUT2D eigenvalue weighted by molar-refractivity contribution is 5.91. The molecule has 1 aliphatic heterocycles. The van der Waals surface area contributed by atoms with Crippen molar-refractivity contribution in [2.24, 2.45) is 0 Å². The van der Waals surface area contributed by atoms with Crippen molar-refractivity contribution < 1.29 is 24.0 Å². The number of imide groups is 1. The van der Waals surface area contributed by atoms with Gasteiger partial charge in [0.15, 0.2) is 0 Å². The summed E-state index contributed by atoms with van der Waals surface area (Å²) in [5, 5.41) is 10.8. The monoisotopic (exact) mass is 408 g/mol. The number of ether oxygens (including phenoxy) is 2. The molecule has 0 radical (unpaired) electrons. The maximum Gasteiger partial charge on any atom is 0.425 e. The third-order valence-corrected chi connectivity index (χ3v) is 4.62. The van der Waals surface area contributed by atoms with E-state index in [0.717, 1.165) is 4.90 Å². The molecule has 0 N–H and O–H groups in total. The molecule has 10 heteroatoms. The highest BCUT2D eigenvalue weighted by Gasteiger charge is 2.47. The number of hydrogen-bond donors (Lipinski definition) is 0. The van der Waals surface area contributed by atoms with E-state index in [1.807, 2.05) is 6.07 Å². The second kappa shape index (κ2) is 8.03. The Morgan fingerprint density at radius 3 is 2.53 bits per heavy atom. The molecule has 1 aliphatic rings. The molecule has 30 heavy (non-hydrogen) atoms. The van der Waals surface area contributed by atoms with Crippen LogP contribution < -0.4 is 4.74 Å². The van der Waals surface area contributed by atoms with Gasteiger partial charge in [-0.05, 0) is 17.7 Å². The Hall–Kier alpha value is -4.21. The summed E-state index contributed by atoms with van der Waals surface area (Å²) < 4.78 is 12.5. The van der Waals surface area contributed by atoms with Gasteiger partial charge in [-0.25, -0.2) is 19.5 Å². The van der Waals surface area contributed by atoms with Crippen molar-refractivity contribution >= 4 is 17.9 Å². The van der Waals surface area contributed by atoms with E-state index < -0.39 is 29.3 Å². The van der Waals surface area contributed by atoms with E-state index in [2.05, 4.69) is 4.98 Å². The van der Waals surface area contributed by atoms with Gasteiger partial charge < -0.3 is 14.0 Å². The first-order valence-electron chi connectivity index (χ1n) is 9.00. The summed E-state index contributed by atoms with van der Waals surface area (Å²) >= 11 is 0. The van der Waals surface area contributed by atoms with Crippen molar-refractivity contribution in [3.63, 3.8) is 0 Å². The number of carbonyl (C=O) groups excluding carboxylic acids is 2. The topological polar surface area (TPSA) is 117 Å². The Balaban J connectivity index is 1.59. The van der Waals surface area contributed by atoms with Crippen LogP contribution in [0.15, 0.2) is 73.3 Å². The molecule has 0 bridgehead atoms. The van der Waals surface area contributed by atoms with E-state index in [1.165, 1.54) is 24.3 Å². The van der Waals surface area contributed by atoms with Gasteiger partial charge in [-0.1, -0.05) is 30.3 Å². The molecule has 2 aromatic carbocycles. The number of amides is 2. The van der Waals surface area contributed by atoms with Crippen LogP contribution in [0.2, 0.25) is 0 Å². The largest absolute Gasteiger partial charge is 0.441 e. The number of nitro benzene ring substituents is 1. The van der Waals surface area contributed by atoms with Gasteiger partial charge in [-0.2, -0.15) is 0 Å². The summed E-state index contributed by atoms with van der Waals surface area (Å²) in [4.78, 5) is 40.5. The molecule has 2 heterocycles. The standard InChI is InChI=1S/C20H16N4O6/c25-19(29-16-8-6-15(7-9-16)24(27)28)23-18(14-4-2-1-3-5-14)17(30-20(23)26)12-22-11-10-21-13-22/h1-11,13,17-18H,12H2. The van der Waals surface area contributed by atoms with Crippen molar-refractivity contribution in [1.82, 2.24) is 14.5 Å². The number of non-ortho nitro benzene ring substituents is 1. The second-order valence-corrected chi connectivity index (χ2v) is 6.53. The van der Waals surface area contributed by atoms with Crippen molar-refractivity contribution in [2.45, 2.75) is 18.7 Å². The van der Waals surface area contributed by atoms with E-state index >= 15 is 0 Å². The van der Waals surface area contributed by atoms with E-state index in [4.69, 9.17) is 9.47 Å². The van der Waals surface area contributed by atoms with Gasteiger partial charge in [0.1, 0.15) is 17.9 Å². The summed E-state index contributed by atoms with van der Waals surface area (Å²) in [7, 11) is 0. The molecule has 2 atom stereocenters. The molecule has 2 unspecified atom stereocenters. The van der Waals surface area contributed by atoms with Crippen LogP contribution in [0.4, 0.5) is 15.3 Å². The predicted octanol–water partition coefficient (Wildman–Crippen LogP) is 3.55. The zero-order valence-electron chi connectivity index (χ0n) is 15.5. The third-order valence-electron chi connectivity index (χ3n) is 4.62. The SMILES string of the molecule is O=C(Oc1ccc([N+](=O)[O-])cc1)N1C(=O)OC(Cn2ccnc2)C1c1ccccc1. The van der Waals surface area contributed by atoms with Crippen molar-refractivity contribution in [1.29, 1.82) is 0 Å². The first-order valence-corrected chi connectivity index (χ1v) is 9.00. The van der Waals surface area contributed by atoms with Crippen LogP contribution in [0.1, 0.15) is 11.6 Å².